The van der Waals surface area contributed by atoms with E-state index in [1.807, 2.05) is 0 Å². The molecular weight excluding hydrogens is 549 g/mol. The van der Waals surface area contributed by atoms with Crippen molar-refractivity contribution in [1.29, 1.82) is 0 Å². The summed E-state index contributed by atoms with van der Waals surface area (Å²) in [5.74, 6) is 0.395. The second-order valence-electron chi connectivity index (χ2n) is 10.4. The van der Waals surface area contributed by atoms with E-state index in [1.165, 1.54) is 16.8 Å². The standard InChI is InChI=1S/C28H28FN7O4S/c1-16-30-23(15-35(16)2)41(39,40)34-20-11-9-18(10-12-20)21(13-19-5-3-4-6-22(19)29)25-31-24-26(32-25)36(14-17-7-8-17)28(38)33-27(24)37/h3-6,9-12,15,17,21,34H,7-8,13-14H2,1-2H3,(H,31,32)(H,33,37,38). The number of halogens is 1. The van der Waals surface area contributed by atoms with Crippen LogP contribution in [0.15, 0.2) is 69.3 Å². The number of fused-ring (bicyclic) bond motifs is 1. The smallest absolute Gasteiger partial charge is 0.330 e. The molecule has 3 aromatic heterocycles. The van der Waals surface area contributed by atoms with E-state index in [-0.39, 0.29) is 28.4 Å². The van der Waals surface area contributed by atoms with Gasteiger partial charge in [-0.1, -0.05) is 30.3 Å². The number of anilines is 1. The molecule has 1 fully saturated rings. The molecule has 0 aliphatic heterocycles. The molecular formula is C28H28FN7O4S. The number of rotatable bonds is 9. The Morgan fingerprint density at radius 1 is 1.07 bits per heavy atom. The van der Waals surface area contributed by atoms with Crippen LogP contribution in [0.2, 0.25) is 0 Å². The van der Waals surface area contributed by atoms with E-state index in [0.717, 1.165) is 12.8 Å². The Morgan fingerprint density at radius 2 is 1.80 bits per heavy atom. The van der Waals surface area contributed by atoms with Gasteiger partial charge in [0.05, 0.1) is 0 Å². The topological polar surface area (TPSA) is 148 Å². The van der Waals surface area contributed by atoms with Gasteiger partial charge in [-0.25, -0.2) is 19.2 Å². The molecule has 0 amide bonds. The summed E-state index contributed by atoms with van der Waals surface area (Å²) < 4.78 is 46.1. The third-order valence-electron chi connectivity index (χ3n) is 7.43. The zero-order valence-corrected chi connectivity index (χ0v) is 23.2. The first-order chi connectivity index (χ1) is 19.6. The Kier molecular flexibility index (Phi) is 6.60. The minimum Gasteiger partial charge on any atom is -0.337 e. The maximum Gasteiger partial charge on any atom is 0.330 e. The molecule has 212 valence electrons. The molecule has 3 heterocycles. The molecule has 5 aromatic rings. The molecule has 1 atom stereocenters. The molecule has 0 spiro atoms. The van der Waals surface area contributed by atoms with Gasteiger partial charge >= 0.3 is 5.69 Å². The van der Waals surface area contributed by atoms with Crippen LogP contribution < -0.4 is 16.0 Å². The number of H-pyrrole nitrogens is 2. The molecule has 1 saturated carbocycles. The number of nitrogens with one attached hydrogen (secondary N) is 3. The van der Waals surface area contributed by atoms with E-state index >= 15 is 0 Å². The molecule has 1 aliphatic carbocycles. The van der Waals surface area contributed by atoms with Crippen molar-refractivity contribution in [3.05, 3.63) is 104 Å². The molecule has 2 aromatic carbocycles. The van der Waals surface area contributed by atoms with Crippen molar-refractivity contribution in [3.8, 4) is 0 Å². The molecule has 1 unspecified atom stereocenters. The van der Waals surface area contributed by atoms with E-state index in [2.05, 4.69) is 19.7 Å². The number of hydrogen-bond acceptors (Lipinski definition) is 6. The summed E-state index contributed by atoms with van der Waals surface area (Å²) in [6.07, 6.45) is 3.66. The number of sulfonamides is 1. The van der Waals surface area contributed by atoms with E-state index in [0.29, 0.717) is 40.9 Å². The van der Waals surface area contributed by atoms with Crippen LogP contribution in [0, 0.1) is 18.7 Å². The fraction of sp³-hybridized carbons (Fsp3) is 0.286. The van der Waals surface area contributed by atoms with Gasteiger partial charge in [0.2, 0.25) is 0 Å². The summed E-state index contributed by atoms with van der Waals surface area (Å²) in [5.41, 5.74) is 0.811. The zero-order chi connectivity index (χ0) is 28.9. The molecule has 0 radical (unpaired) electrons. The van der Waals surface area contributed by atoms with E-state index in [1.54, 1.807) is 61.0 Å². The Morgan fingerprint density at radius 3 is 2.46 bits per heavy atom. The number of aromatic nitrogens is 6. The van der Waals surface area contributed by atoms with Crippen molar-refractivity contribution in [3.63, 3.8) is 0 Å². The molecule has 0 bridgehead atoms. The number of hydrogen-bond donors (Lipinski definition) is 3. The SMILES string of the molecule is Cc1nc(S(=O)(=O)Nc2ccc(C(Cc3ccccc3F)c3nc4c([nH]3)c(=O)[nH]c(=O)n4CC3CC3)cc2)cn1C. The second-order valence-corrected chi connectivity index (χ2v) is 12.1. The van der Waals surface area contributed by atoms with Crippen molar-refractivity contribution in [2.24, 2.45) is 13.0 Å². The molecule has 13 heteroatoms. The van der Waals surface area contributed by atoms with E-state index < -0.39 is 27.2 Å². The summed E-state index contributed by atoms with van der Waals surface area (Å²) >= 11 is 0. The predicted octanol–water partition coefficient (Wildman–Crippen LogP) is 3.18. The second kappa shape index (κ2) is 10.1. The van der Waals surface area contributed by atoms with Crippen LogP contribution in [-0.2, 0) is 30.0 Å². The van der Waals surface area contributed by atoms with Crippen LogP contribution in [0.4, 0.5) is 10.1 Å². The number of benzene rings is 2. The van der Waals surface area contributed by atoms with Crippen LogP contribution >= 0.6 is 0 Å². The molecule has 41 heavy (non-hydrogen) atoms. The van der Waals surface area contributed by atoms with Crippen LogP contribution in [0.25, 0.3) is 11.2 Å². The third kappa shape index (κ3) is 5.32. The fourth-order valence-corrected chi connectivity index (χ4v) is 5.95. The Balaban J connectivity index is 1.38. The van der Waals surface area contributed by atoms with Crippen LogP contribution in [0.3, 0.4) is 0 Å². The first-order valence-electron chi connectivity index (χ1n) is 13.2. The van der Waals surface area contributed by atoms with Gasteiger partial charge in [-0.15, -0.1) is 0 Å². The molecule has 3 N–H and O–H groups in total. The summed E-state index contributed by atoms with van der Waals surface area (Å²) in [6.45, 7) is 2.17. The van der Waals surface area contributed by atoms with Crippen molar-refractivity contribution in [1.82, 2.24) is 29.1 Å². The molecule has 0 saturated heterocycles. The van der Waals surface area contributed by atoms with Crippen LogP contribution in [0.1, 0.15) is 41.5 Å². The lowest BCUT2D eigenvalue weighted by molar-refractivity contribution is 0.596. The van der Waals surface area contributed by atoms with Crippen molar-refractivity contribution < 1.29 is 12.8 Å². The molecule has 6 rings (SSSR count). The fourth-order valence-electron chi connectivity index (χ4n) is 4.85. The van der Waals surface area contributed by atoms with E-state index in [4.69, 9.17) is 4.98 Å². The van der Waals surface area contributed by atoms with Crippen molar-refractivity contribution in [2.45, 2.75) is 43.7 Å². The Hall–Kier alpha value is -4.52. The van der Waals surface area contributed by atoms with Crippen LogP contribution in [0.5, 0.6) is 0 Å². The number of aromatic amines is 2. The van der Waals surface area contributed by atoms with Gasteiger partial charge in [-0.05, 0) is 61.4 Å². The summed E-state index contributed by atoms with van der Waals surface area (Å²) in [4.78, 5) is 39.5. The largest absolute Gasteiger partial charge is 0.337 e. The average molecular weight is 578 g/mol. The highest BCUT2D eigenvalue weighted by atomic mass is 32.2. The minimum atomic E-state index is -3.91. The Labute approximate surface area is 234 Å². The number of aryl methyl sites for hydroxylation is 2. The lowest BCUT2D eigenvalue weighted by atomic mass is 9.91. The first kappa shape index (κ1) is 26.7. The lowest BCUT2D eigenvalue weighted by Gasteiger charge is -2.17. The first-order valence-corrected chi connectivity index (χ1v) is 14.7. The van der Waals surface area contributed by atoms with Crippen molar-refractivity contribution in [2.75, 3.05) is 4.72 Å². The highest BCUT2D eigenvalue weighted by Crippen LogP contribution is 2.32. The minimum absolute atomic E-state index is 0.0938. The van der Waals surface area contributed by atoms with Gasteiger partial charge in [0.15, 0.2) is 10.7 Å². The zero-order valence-electron chi connectivity index (χ0n) is 22.4. The lowest BCUT2D eigenvalue weighted by Crippen LogP contribution is -2.30. The van der Waals surface area contributed by atoms with Gasteiger partial charge in [0, 0.05) is 31.4 Å². The van der Waals surface area contributed by atoms with Gasteiger partial charge < -0.3 is 9.55 Å². The molecule has 1 aliphatic rings. The van der Waals surface area contributed by atoms with Gasteiger partial charge in [0.25, 0.3) is 15.6 Å². The average Bonchev–Trinajstić information content (AvgIpc) is 3.53. The van der Waals surface area contributed by atoms with Gasteiger partial charge in [-0.3, -0.25) is 19.1 Å². The predicted molar refractivity (Wildman–Crippen MR) is 151 cm³/mol. The maximum absolute atomic E-state index is 14.7. The maximum atomic E-state index is 14.7. The third-order valence-corrected chi connectivity index (χ3v) is 8.68. The highest BCUT2D eigenvalue weighted by molar-refractivity contribution is 7.92. The molecule has 11 nitrogen and oxygen atoms in total. The Bertz CT molecular complexity index is 1970. The highest BCUT2D eigenvalue weighted by Gasteiger charge is 2.27. The monoisotopic (exact) mass is 577 g/mol. The summed E-state index contributed by atoms with van der Waals surface area (Å²) in [6, 6.07) is 13.1. The van der Waals surface area contributed by atoms with Gasteiger partial charge in [-0.2, -0.15) is 8.42 Å². The van der Waals surface area contributed by atoms with Crippen molar-refractivity contribution >= 4 is 26.9 Å². The van der Waals surface area contributed by atoms with E-state index in [9.17, 15) is 22.4 Å². The van der Waals surface area contributed by atoms with Gasteiger partial charge in [0.1, 0.15) is 23.0 Å². The quantitative estimate of drug-likeness (QED) is 0.245. The summed E-state index contributed by atoms with van der Waals surface area (Å²) in [7, 11) is -2.20. The number of imidazole rings is 2. The van der Waals surface area contributed by atoms with Crippen LogP contribution in [-0.4, -0.2) is 37.5 Å². The normalized spacial score (nSPS) is 14.4. The summed E-state index contributed by atoms with van der Waals surface area (Å²) in [5, 5.41) is -0.0938. The number of nitrogens with zero attached hydrogens (tertiary/aromatic N) is 4.